The van der Waals surface area contributed by atoms with E-state index in [1.807, 2.05) is 12.1 Å². The average molecular weight is 346 g/mol. The Labute approximate surface area is 143 Å². The minimum atomic E-state index is -0.426. The van der Waals surface area contributed by atoms with E-state index in [9.17, 15) is 4.79 Å². The molecule has 0 unspecified atom stereocenters. The summed E-state index contributed by atoms with van der Waals surface area (Å²) in [6.07, 6.45) is 1.98. The number of nitrogens with one attached hydrogen (secondary N) is 1. The van der Waals surface area contributed by atoms with Crippen LogP contribution in [0.3, 0.4) is 0 Å². The van der Waals surface area contributed by atoms with Crippen LogP contribution in [0.4, 0.5) is 5.95 Å². The zero-order chi connectivity index (χ0) is 16.9. The molecule has 0 aliphatic rings. The molecule has 3 aromatic rings. The lowest BCUT2D eigenvalue weighted by molar-refractivity contribution is 0.0996. The Hall–Kier alpha value is -2.67. The maximum absolute atomic E-state index is 12.2. The summed E-state index contributed by atoms with van der Waals surface area (Å²) in [5.41, 5.74) is 0.835. The number of rotatable bonds is 6. The number of carbonyl (C=O) groups excluding carboxylic acids is 1. The number of aromatic nitrogens is 4. The molecule has 1 aromatic carbocycles. The van der Waals surface area contributed by atoms with Crippen molar-refractivity contribution < 1.29 is 9.21 Å². The molecule has 8 heteroatoms. The quantitative estimate of drug-likeness (QED) is 0.737. The molecule has 0 bridgehead atoms. The molecular formula is C16H16ClN5O2. The molecular weight excluding hydrogens is 330 g/mol. The van der Waals surface area contributed by atoms with E-state index in [1.165, 1.54) is 4.80 Å². The smallest absolute Gasteiger partial charge is 0.293 e. The van der Waals surface area contributed by atoms with Crippen LogP contribution < -0.4 is 5.32 Å². The maximum Gasteiger partial charge on any atom is 0.293 e. The molecule has 1 amide bonds. The fourth-order valence-corrected chi connectivity index (χ4v) is 2.21. The van der Waals surface area contributed by atoms with Gasteiger partial charge in [-0.15, -0.1) is 5.10 Å². The number of carbonyl (C=O) groups is 1. The second-order valence-corrected chi connectivity index (χ2v) is 5.62. The van der Waals surface area contributed by atoms with E-state index in [0.29, 0.717) is 17.3 Å². The van der Waals surface area contributed by atoms with Crippen LogP contribution in [0.15, 0.2) is 40.8 Å². The van der Waals surface area contributed by atoms with E-state index in [-0.39, 0.29) is 11.7 Å². The van der Waals surface area contributed by atoms with E-state index in [4.69, 9.17) is 16.0 Å². The van der Waals surface area contributed by atoms with Gasteiger partial charge in [0.25, 0.3) is 11.9 Å². The summed E-state index contributed by atoms with van der Waals surface area (Å²) in [7, 11) is 0. The Bertz CT molecular complexity index is 825. The van der Waals surface area contributed by atoms with E-state index < -0.39 is 5.91 Å². The molecule has 7 nitrogen and oxygen atoms in total. The number of unbranched alkanes of at least 4 members (excludes halogenated alkanes) is 1. The molecule has 0 aliphatic heterocycles. The molecule has 0 radical (unpaired) electrons. The van der Waals surface area contributed by atoms with Crippen LogP contribution in [0.1, 0.15) is 30.3 Å². The van der Waals surface area contributed by atoms with E-state index in [1.54, 1.807) is 24.3 Å². The Balaban J connectivity index is 1.67. The topological polar surface area (TPSA) is 85.8 Å². The number of anilines is 1. The van der Waals surface area contributed by atoms with Gasteiger partial charge in [0.15, 0.2) is 5.76 Å². The van der Waals surface area contributed by atoms with Gasteiger partial charge >= 0.3 is 0 Å². The van der Waals surface area contributed by atoms with Gasteiger partial charge in [0.2, 0.25) is 0 Å². The third-order valence-electron chi connectivity index (χ3n) is 3.35. The molecule has 0 atom stereocenters. The minimum absolute atomic E-state index is 0.153. The monoisotopic (exact) mass is 345 g/mol. The van der Waals surface area contributed by atoms with Crippen LogP contribution in [0, 0.1) is 0 Å². The summed E-state index contributed by atoms with van der Waals surface area (Å²) >= 11 is 5.86. The number of furan rings is 1. The Morgan fingerprint density at radius 1 is 1.25 bits per heavy atom. The SMILES string of the molecule is CCCCn1nnc(NC(=O)c2ccc(-c3ccc(Cl)cc3)o2)n1. The number of tetrazole rings is 1. The third-order valence-corrected chi connectivity index (χ3v) is 3.60. The van der Waals surface area contributed by atoms with Gasteiger partial charge in [0.1, 0.15) is 5.76 Å². The third kappa shape index (κ3) is 3.80. The van der Waals surface area contributed by atoms with Crippen molar-refractivity contribution >= 4 is 23.5 Å². The van der Waals surface area contributed by atoms with Crippen molar-refractivity contribution in [1.29, 1.82) is 0 Å². The molecule has 0 spiro atoms. The summed E-state index contributed by atoms with van der Waals surface area (Å²) < 4.78 is 5.58. The Morgan fingerprint density at radius 3 is 2.79 bits per heavy atom. The van der Waals surface area contributed by atoms with Crippen LogP contribution in [0.2, 0.25) is 5.02 Å². The lowest BCUT2D eigenvalue weighted by Gasteiger charge is -1.98. The number of nitrogens with zero attached hydrogens (tertiary/aromatic N) is 4. The molecule has 24 heavy (non-hydrogen) atoms. The molecule has 1 N–H and O–H groups in total. The second kappa shape index (κ2) is 7.27. The second-order valence-electron chi connectivity index (χ2n) is 5.19. The minimum Gasteiger partial charge on any atom is -0.451 e. The molecule has 2 aromatic heterocycles. The normalized spacial score (nSPS) is 10.8. The van der Waals surface area contributed by atoms with Crippen molar-refractivity contribution in [2.24, 2.45) is 0 Å². The molecule has 124 valence electrons. The van der Waals surface area contributed by atoms with Gasteiger partial charge in [0, 0.05) is 10.6 Å². The van der Waals surface area contributed by atoms with E-state index >= 15 is 0 Å². The predicted molar refractivity (Wildman–Crippen MR) is 89.8 cm³/mol. The number of amides is 1. The lowest BCUT2D eigenvalue weighted by atomic mass is 10.2. The highest BCUT2D eigenvalue weighted by Crippen LogP contribution is 2.24. The summed E-state index contributed by atoms with van der Waals surface area (Å²) in [6, 6.07) is 10.5. The highest BCUT2D eigenvalue weighted by atomic mass is 35.5. The van der Waals surface area contributed by atoms with Crippen molar-refractivity contribution in [2.75, 3.05) is 5.32 Å². The van der Waals surface area contributed by atoms with Gasteiger partial charge in [-0.2, -0.15) is 4.80 Å². The van der Waals surface area contributed by atoms with Gasteiger partial charge < -0.3 is 4.42 Å². The zero-order valence-corrected chi connectivity index (χ0v) is 13.8. The van der Waals surface area contributed by atoms with Crippen molar-refractivity contribution in [1.82, 2.24) is 20.2 Å². The Morgan fingerprint density at radius 2 is 2.04 bits per heavy atom. The molecule has 0 saturated carbocycles. The standard InChI is InChI=1S/C16H16ClN5O2/c1-2-3-10-22-20-16(19-21-22)18-15(23)14-9-8-13(24-14)11-4-6-12(17)7-5-11/h4-9H,2-3,10H2,1H3,(H,18,20,23). The van der Waals surface area contributed by atoms with Crippen molar-refractivity contribution in [3.63, 3.8) is 0 Å². The van der Waals surface area contributed by atoms with Gasteiger partial charge in [-0.05, 0) is 48.0 Å². The van der Waals surface area contributed by atoms with Crippen LogP contribution in [0.25, 0.3) is 11.3 Å². The Kier molecular flexibility index (Phi) is 4.90. The first-order chi connectivity index (χ1) is 11.7. The number of hydrogen-bond acceptors (Lipinski definition) is 5. The van der Waals surface area contributed by atoms with Crippen LogP contribution in [0.5, 0.6) is 0 Å². The largest absolute Gasteiger partial charge is 0.451 e. The molecule has 0 saturated heterocycles. The highest BCUT2D eigenvalue weighted by molar-refractivity contribution is 6.30. The highest BCUT2D eigenvalue weighted by Gasteiger charge is 2.15. The van der Waals surface area contributed by atoms with Crippen molar-refractivity contribution in [2.45, 2.75) is 26.3 Å². The zero-order valence-electron chi connectivity index (χ0n) is 13.1. The molecule has 0 fully saturated rings. The first-order valence-electron chi connectivity index (χ1n) is 7.60. The average Bonchev–Trinajstić information content (AvgIpc) is 3.23. The molecule has 3 rings (SSSR count). The van der Waals surface area contributed by atoms with Gasteiger partial charge in [-0.1, -0.05) is 30.0 Å². The summed E-state index contributed by atoms with van der Waals surface area (Å²) in [5.74, 6) is 0.479. The fourth-order valence-electron chi connectivity index (χ4n) is 2.08. The summed E-state index contributed by atoms with van der Waals surface area (Å²) in [6.45, 7) is 2.75. The first kappa shape index (κ1) is 16.2. The number of aryl methyl sites for hydroxylation is 1. The summed E-state index contributed by atoms with van der Waals surface area (Å²) in [4.78, 5) is 13.7. The van der Waals surface area contributed by atoms with Gasteiger partial charge in [-0.3, -0.25) is 10.1 Å². The van der Waals surface area contributed by atoms with Gasteiger partial charge in [0.05, 0.1) is 6.54 Å². The van der Waals surface area contributed by atoms with E-state index in [0.717, 1.165) is 18.4 Å². The van der Waals surface area contributed by atoms with Gasteiger partial charge in [-0.25, -0.2) is 0 Å². The number of benzene rings is 1. The fraction of sp³-hybridized carbons (Fsp3) is 0.250. The molecule has 2 heterocycles. The number of hydrogen-bond donors (Lipinski definition) is 1. The van der Waals surface area contributed by atoms with Crippen LogP contribution >= 0.6 is 11.6 Å². The maximum atomic E-state index is 12.2. The van der Waals surface area contributed by atoms with Crippen molar-refractivity contribution in [3.05, 3.63) is 47.2 Å². The lowest BCUT2D eigenvalue weighted by Crippen LogP contribution is -2.12. The van der Waals surface area contributed by atoms with Crippen LogP contribution in [-0.4, -0.2) is 26.1 Å². The summed E-state index contributed by atoms with van der Waals surface area (Å²) in [5, 5.41) is 15.0. The van der Waals surface area contributed by atoms with E-state index in [2.05, 4.69) is 27.7 Å². The molecule has 0 aliphatic carbocycles. The van der Waals surface area contributed by atoms with Crippen LogP contribution in [-0.2, 0) is 6.54 Å². The first-order valence-corrected chi connectivity index (χ1v) is 7.98. The number of halogens is 1. The predicted octanol–water partition coefficient (Wildman–Crippen LogP) is 3.64. The van der Waals surface area contributed by atoms with Crippen molar-refractivity contribution in [3.8, 4) is 11.3 Å².